The summed E-state index contributed by atoms with van der Waals surface area (Å²) in [5.74, 6) is 4.15. The molecule has 4 bridgehead atoms. The van der Waals surface area contributed by atoms with Gasteiger partial charge in [-0.25, -0.2) is 4.79 Å². The predicted molar refractivity (Wildman–Crippen MR) is 74.7 cm³/mol. The molecule has 0 radical (unpaired) electrons. The summed E-state index contributed by atoms with van der Waals surface area (Å²) in [7, 11) is 0. The van der Waals surface area contributed by atoms with Crippen LogP contribution in [0.5, 0.6) is 0 Å². The van der Waals surface area contributed by atoms with Crippen molar-refractivity contribution in [2.45, 2.75) is 58.0 Å². The molecule has 0 aromatic heterocycles. The lowest BCUT2D eigenvalue weighted by molar-refractivity contribution is -0.0473. The largest absolute Gasteiger partial charge is 0.333 e. The first-order valence-electron chi connectivity index (χ1n) is 8.19. The van der Waals surface area contributed by atoms with Gasteiger partial charge in [-0.3, -0.25) is 0 Å². The normalized spacial score (nSPS) is 48.2. The van der Waals surface area contributed by atoms with Crippen LogP contribution in [0.25, 0.3) is 0 Å². The average Bonchev–Trinajstić information content (AvgIpc) is 2.70. The SMILES string of the molecule is CC(C)[C@@H]1CN(C2C3CC4CC(C3)CC2C4)C(=O)N1. The van der Waals surface area contributed by atoms with E-state index in [0.717, 1.165) is 30.2 Å². The summed E-state index contributed by atoms with van der Waals surface area (Å²) in [5, 5.41) is 3.20. The van der Waals surface area contributed by atoms with Crippen molar-refractivity contribution in [3.63, 3.8) is 0 Å². The highest BCUT2D eigenvalue weighted by atomic mass is 16.2. The zero-order valence-corrected chi connectivity index (χ0v) is 12.1. The molecule has 0 unspecified atom stereocenters. The Bertz CT molecular complexity index is 364. The molecule has 1 heterocycles. The lowest BCUT2D eigenvalue weighted by Gasteiger charge is -2.56. The van der Waals surface area contributed by atoms with E-state index in [1.807, 2.05) is 0 Å². The quantitative estimate of drug-likeness (QED) is 0.815. The van der Waals surface area contributed by atoms with Gasteiger partial charge in [0.2, 0.25) is 0 Å². The van der Waals surface area contributed by atoms with Gasteiger partial charge in [-0.05, 0) is 61.7 Å². The fourth-order valence-corrected chi connectivity index (χ4v) is 5.62. The standard InChI is InChI=1S/C16H26N2O/c1-9(2)14-8-18(16(19)17-14)15-12-4-10-3-11(6-12)7-13(15)5-10/h9-15H,3-8H2,1-2H3,(H,17,19)/t10?,11?,12?,13?,14-,15?/m0/s1. The molecular formula is C16H26N2O. The molecule has 4 aliphatic carbocycles. The van der Waals surface area contributed by atoms with E-state index >= 15 is 0 Å². The molecule has 5 fully saturated rings. The zero-order valence-electron chi connectivity index (χ0n) is 12.1. The second-order valence-corrected chi connectivity index (χ2v) is 7.87. The minimum atomic E-state index is 0.219. The van der Waals surface area contributed by atoms with E-state index in [0.29, 0.717) is 18.0 Å². The molecule has 5 aliphatic rings. The molecule has 1 aliphatic heterocycles. The van der Waals surface area contributed by atoms with Crippen molar-refractivity contribution in [1.82, 2.24) is 10.2 Å². The monoisotopic (exact) mass is 262 g/mol. The molecule has 3 heteroatoms. The van der Waals surface area contributed by atoms with Crippen LogP contribution in [-0.4, -0.2) is 29.6 Å². The van der Waals surface area contributed by atoms with E-state index < -0.39 is 0 Å². The Hall–Kier alpha value is -0.730. The summed E-state index contributed by atoms with van der Waals surface area (Å²) >= 11 is 0. The van der Waals surface area contributed by atoms with E-state index in [1.54, 1.807) is 0 Å². The van der Waals surface area contributed by atoms with Crippen molar-refractivity contribution < 1.29 is 4.79 Å². The highest BCUT2D eigenvalue weighted by molar-refractivity contribution is 5.77. The highest BCUT2D eigenvalue weighted by Gasteiger charge is 2.52. The van der Waals surface area contributed by atoms with Crippen LogP contribution in [0.15, 0.2) is 0 Å². The zero-order chi connectivity index (χ0) is 13.1. The molecule has 0 aromatic rings. The van der Waals surface area contributed by atoms with Gasteiger partial charge in [0.15, 0.2) is 0 Å². The van der Waals surface area contributed by atoms with Gasteiger partial charge in [-0.1, -0.05) is 13.8 Å². The van der Waals surface area contributed by atoms with Crippen molar-refractivity contribution in [1.29, 1.82) is 0 Å². The maximum atomic E-state index is 12.3. The molecule has 0 spiro atoms. The van der Waals surface area contributed by atoms with Crippen LogP contribution < -0.4 is 5.32 Å². The van der Waals surface area contributed by atoms with Crippen molar-refractivity contribution in [2.75, 3.05) is 6.54 Å². The first-order chi connectivity index (χ1) is 9.11. The fourth-order valence-electron chi connectivity index (χ4n) is 5.62. The molecule has 5 rings (SSSR count). The van der Waals surface area contributed by atoms with Gasteiger partial charge < -0.3 is 10.2 Å². The average molecular weight is 262 g/mol. The Morgan fingerprint density at radius 3 is 2.11 bits per heavy atom. The molecule has 19 heavy (non-hydrogen) atoms. The van der Waals surface area contributed by atoms with Crippen LogP contribution in [0.1, 0.15) is 46.0 Å². The Kier molecular flexibility index (Phi) is 2.62. The maximum absolute atomic E-state index is 12.3. The molecule has 1 atom stereocenters. The van der Waals surface area contributed by atoms with Gasteiger partial charge in [0, 0.05) is 12.6 Å². The highest BCUT2D eigenvalue weighted by Crippen LogP contribution is 2.55. The lowest BCUT2D eigenvalue weighted by Crippen LogP contribution is -2.56. The van der Waals surface area contributed by atoms with Crippen LogP contribution in [0.3, 0.4) is 0 Å². The van der Waals surface area contributed by atoms with E-state index in [2.05, 4.69) is 24.1 Å². The Morgan fingerprint density at radius 1 is 1.05 bits per heavy atom. The maximum Gasteiger partial charge on any atom is 0.318 e. The third-order valence-corrected chi connectivity index (χ3v) is 6.30. The Balaban J connectivity index is 1.55. The van der Waals surface area contributed by atoms with Crippen molar-refractivity contribution in [2.24, 2.45) is 29.6 Å². The van der Waals surface area contributed by atoms with Crippen LogP contribution >= 0.6 is 0 Å². The van der Waals surface area contributed by atoms with E-state index in [4.69, 9.17) is 0 Å². The van der Waals surface area contributed by atoms with Gasteiger partial charge in [-0.15, -0.1) is 0 Å². The smallest absolute Gasteiger partial charge is 0.318 e. The second kappa shape index (κ2) is 4.13. The first-order valence-corrected chi connectivity index (χ1v) is 8.19. The molecular weight excluding hydrogens is 236 g/mol. The van der Waals surface area contributed by atoms with Gasteiger partial charge in [0.25, 0.3) is 0 Å². The van der Waals surface area contributed by atoms with E-state index in [-0.39, 0.29) is 6.03 Å². The van der Waals surface area contributed by atoms with Crippen LogP contribution in [0.2, 0.25) is 0 Å². The summed E-state index contributed by atoms with van der Waals surface area (Å²) in [6, 6.07) is 1.15. The Labute approximate surface area is 116 Å². The summed E-state index contributed by atoms with van der Waals surface area (Å²) in [6.45, 7) is 5.38. The summed E-state index contributed by atoms with van der Waals surface area (Å²) < 4.78 is 0. The number of rotatable bonds is 2. The van der Waals surface area contributed by atoms with Crippen molar-refractivity contribution in [3.8, 4) is 0 Å². The third-order valence-electron chi connectivity index (χ3n) is 6.30. The third kappa shape index (κ3) is 1.80. The van der Waals surface area contributed by atoms with Gasteiger partial charge in [-0.2, -0.15) is 0 Å². The summed E-state index contributed by atoms with van der Waals surface area (Å²) in [5.41, 5.74) is 0. The lowest BCUT2D eigenvalue weighted by atomic mass is 9.54. The molecule has 1 saturated heterocycles. The number of amides is 2. The minimum Gasteiger partial charge on any atom is -0.333 e. The topological polar surface area (TPSA) is 32.3 Å². The first kappa shape index (κ1) is 12.0. The molecule has 2 amide bonds. The van der Waals surface area contributed by atoms with Crippen molar-refractivity contribution >= 4 is 6.03 Å². The predicted octanol–water partition coefficient (Wildman–Crippen LogP) is 2.86. The number of carbonyl (C=O) groups excluding carboxylic acids is 1. The summed E-state index contributed by atoms with van der Waals surface area (Å²) in [4.78, 5) is 14.5. The van der Waals surface area contributed by atoms with Gasteiger partial charge in [0.1, 0.15) is 0 Å². The molecule has 3 nitrogen and oxygen atoms in total. The molecule has 1 N–H and O–H groups in total. The van der Waals surface area contributed by atoms with E-state index in [1.165, 1.54) is 32.1 Å². The molecule has 4 saturated carbocycles. The minimum absolute atomic E-state index is 0.219. The number of nitrogens with one attached hydrogen (secondary N) is 1. The molecule has 0 aromatic carbocycles. The Morgan fingerprint density at radius 2 is 1.63 bits per heavy atom. The van der Waals surface area contributed by atoms with Crippen molar-refractivity contribution in [3.05, 3.63) is 0 Å². The van der Waals surface area contributed by atoms with E-state index in [9.17, 15) is 4.79 Å². The number of hydrogen-bond acceptors (Lipinski definition) is 1. The number of hydrogen-bond donors (Lipinski definition) is 1. The van der Waals surface area contributed by atoms with Crippen LogP contribution in [0, 0.1) is 29.6 Å². The summed E-state index contributed by atoms with van der Waals surface area (Å²) in [6.07, 6.45) is 7.07. The number of nitrogens with zero attached hydrogens (tertiary/aromatic N) is 1. The van der Waals surface area contributed by atoms with Gasteiger partial charge >= 0.3 is 6.03 Å². The number of carbonyl (C=O) groups is 1. The van der Waals surface area contributed by atoms with Crippen LogP contribution in [-0.2, 0) is 0 Å². The second-order valence-electron chi connectivity index (χ2n) is 7.87. The van der Waals surface area contributed by atoms with Crippen LogP contribution in [0.4, 0.5) is 4.79 Å². The number of urea groups is 1. The molecule has 106 valence electrons. The fraction of sp³-hybridized carbons (Fsp3) is 0.938. The van der Waals surface area contributed by atoms with Gasteiger partial charge in [0.05, 0.1) is 6.04 Å².